The number of carbonyl (C=O) groups is 1. The van der Waals surface area contributed by atoms with Crippen molar-refractivity contribution in [2.75, 3.05) is 0 Å². The van der Waals surface area contributed by atoms with Crippen molar-refractivity contribution in [2.45, 2.75) is 12.6 Å². The lowest BCUT2D eigenvalue weighted by Gasteiger charge is -2.15. The third-order valence-electron chi connectivity index (χ3n) is 1.84. The van der Waals surface area contributed by atoms with Crippen LogP contribution in [0, 0.1) is 11.6 Å². The highest BCUT2D eigenvalue weighted by Crippen LogP contribution is 2.28. The van der Waals surface area contributed by atoms with Gasteiger partial charge in [-0.3, -0.25) is 0 Å². The monoisotopic (exact) mass is 204 g/mol. The third kappa shape index (κ3) is 1.71. The molecule has 0 radical (unpaired) electrons. The Morgan fingerprint density at radius 1 is 1.43 bits per heavy atom. The first kappa shape index (κ1) is 10.6. The van der Waals surface area contributed by atoms with Crippen LogP contribution in [0.4, 0.5) is 13.2 Å². The SMILES string of the molecule is CC(F)(C(=O)O)c1ccc(F)cc1F. The Hall–Kier alpha value is -1.52. The van der Waals surface area contributed by atoms with Crippen molar-refractivity contribution in [1.82, 2.24) is 0 Å². The van der Waals surface area contributed by atoms with Crippen molar-refractivity contribution in [1.29, 1.82) is 0 Å². The molecule has 0 saturated heterocycles. The molecule has 0 spiro atoms. The van der Waals surface area contributed by atoms with Crippen molar-refractivity contribution >= 4 is 5.97 Å². The van der Waals surface area contributed by atoms with Crippen LogP contribution in [0.2, 0.25) is 0 Å². The fraction of sp³-hybridized carbons (Fsp3) is 0.222. The number of benzene rings is 1. The Morgan fingerprint density at radius 2 is 2.00 bits per heavy atom. The maximum Gasteiger partial charge on any atom is 0.346 e. The highest BCUT2D eigenvalue weighted by Gasteiger charge is 2.37. The standard InChI is InChI=1S/C9H7F3O2/c1-9(12,8(13)14)6-3-2-5(10)4-7(6)11/h2-4H,1H3,(H,13,14). The maximum absolute atomic E-state index is 13.4. The molecule has 0 aliphatic heterocycles. The maximum atomic E-state index is 13.4. The predicted octanol–water partition coefficient (Wildman–Crippen LogP) is 2.23. The van der Waals surface area contributed by atoms with Crippen LogP contribution in [0.25, 0.3) is 0 Å². The Morgan fingerprint density at radius 3 is 2.43 bits per heavy atom. The molecule has 1 aromatic carbocycles. The fourth-order valence-electron chi connectivity index (χ4n) is 0.985. The molecule has 1 N–H and O–H groups in total. The van der Waals surface area contributed by atoms with Crippen molar-refractivity contribution in [3.05, 3.63) is 35.4 Å². The molecule has 1 atom stereocenters. The summed E-state index contributed by atoms with van der Waals surface area (Å²) in [5.74, 6) is -3.91. The Balaban J connectivity index is 3.26. The molecule has 1 rings (SSSR count). The minimum absolute atomic E-state index is 0.441. The van der Waals surface area contributed by atoms with Crippen molar-refractivity contribution < 1.29 is 23.1 Å². The summed E-state index contributed by atoms with van der Waals surface area (Å²) in [7, 11) is 0. The lowest BCUT2D eigenvalue weighted by Crippen LogP contribution is -2.28. The molecule has 1 aromatic rings. The molecular formula is C9H7F3O2. The van der Waals surface area contributed by atoms with Gasteiger partial charge >= 0.3 is 5.97 Å². The molecular weight excluding hydrogens is 197 g/mol. The van der Waals surface area contributed by atoms with Gasteiger partial charge in [0, 0.05) is 11.6 Å². The normalized spacial score (nSPS) is 14.9. The van der Waals surface area contributed by atoms with Crippen LogP contribution in [-0.2, 0) is 10.5 Å². The van der Waals surface area contributed by atoms with Crippen LogP contribution in [0.5, 0.6) is 0 Å². The molecule has 0 aromatic heterocycles. The van der Waals surface area contributed by atoms with Crippen LogP contribution in [0.15, 0.2) is 18.2 Å². The summed E-state index contributed by atoms with van der Waals surface area (Å²) >= 11 is 0. The quantitative estimate of drug-likeness (QED) is 0.802. The number of carboxylic acid groups (broad SMARTS) is 1. The first-order chi connectivity index (χ1) is 6.35. The number of halogens is 3. The largest absolute Gasteiger partial charge is 0.479 e. The van der Waals surface area contributed by atoms with Gasteiger partial charge in [0.15, 0.2) is 0 Å². The molecule has 0 fully saturated rings. The van der Waals surface area contributed by atoms with Crippen LogP contribution >= 0.6 is 0 Å². The van der Waals surface area contributed by atoms with Gasteiger partial charge in [-0.1, -0.05) is 0 Å². The van der Waals surface area contributed by atoms with E-state index in [0.29, 0.717) is 13.0 Å². The van der Waals surface area contributed by atoms with Gasteiger partial charge in [0.05, 0.1) is 0 Å². The summed E-state index contributed by atoms with van der Waals surface area (Å²) in [6.07, 6.45) is 0. The van der Waals surface area contributed by atoms with Crippen LogP contribution in [-0.4, -0.2) is 11.1 Å². The van der Waals surface area contributed by atoms with Crippen LogP contribution < -0.4 is 0 Å². The zero-order valence-corrected chi connectivity index (χ0v) is 7.22. The van der Waals surface area contributed by atoms with E-state index < -0.39 is 28.8 Å². The summed E-state index contributed by atoms with van der Waals surface area (Å²) in [6, 6.07) is 2.02. The van der Waals surface area contributed by atoms with E-state index in [2.05, 4.69) is 0 Å². The second-order valence-corrected chi connectivity index (χ2v) is 2.93. The number of alkyl halides is 1. The van der Waals surface area contributed by atoms with Gasteiger partial charge in [-0.15, -0.1) is 0 Å². The lowest BCUT2D eigenvalue weighted by atomic mass is 9.97. The van der Waals surface area contributed by atoms with E-state index in [1.807, 2.05) is 0 Å². The minimum atomic E-state index is -2.85. The number of rotatable bonds is 2. The predicted molar refractivity (Wildman–Crippen MR) is 42.5 cm³/mol. The summed E-state index contributed by atoms with van der Waals surface area (Å²) in [6.45, 7) is 0.700. The van der Waals surface area contributed by atoms with Gasteiger partial charge in [0.25, 0.3) is 0 Å². The zero-order chi connectivity index (χ0) is 10.9. The average molecular weight is 204 g/mol. The second-order valence-electron chi connectivity index (χ2n) is 2.93. The van der Waals surface area contributed by atoms with Gasteiger partial charge in [0.1, 0.15) is 11.6 Å². The Kier molecular flexibility index (Phi) is 2.51. The highest BCUT2D eigenvalue weighted by molar-refractivity contribution is 5.78. The van der Waals surface area contributed by atoms with Crippen molar-refractivity contribution in [3.8, 4) is 0 Å². The molecule has 76 valence electrons. The lowest BCUT2D eigenvalue weighted by molar-refractivity contribution is -0.150. The summed E-state index contributed by atoms with van der Waals surface area (Å²) < 4.78 is 38.8. The van der Waals surface area contributed by atoms with E-state index >= 15 is 0 Å². The van der Waals surface area contributed by atoms with Crippen LogP contribution in [0.1, 0.15) is 12.5 Å². The topological polar surface area (TPSA) is 37.3 Å². The minimum Gasteiger partial charge on any atom is -0.479 e. The summed E-state index contributed by atoms with van der Waals surface area (Å²) in [5.41, 5.74) is -3.54. The molecule has 0 heterocycles. The summed E-state index contributed by atoms with van der Waals surface area (Å²) in [5, 5.41) is 8.45. The molecule has 14 heavy (non-hydrogen) atoms. The van der Waals surface area contributed by atoms with Crippen molar-refractivity contribution in [2.24, 2.45) is 0 Å². The van der Waals surface area contributed by atoms with Gasteiger partial charge in [0.2, 0.25) is 5.67 Å². The van der Waals surface area contributed by atoms with E-state index in [0.717, 1.165) is 12.1 Å². The first-order valence-electron chi connectivity index (χ1n) is 3.73. The number of aliphatic carboxylic acids is 1. The average Bonchev–Trinajstić information content (AvgIpc) is 2.02. The van der Waals surface area contributed by atoms with E-state index in [9.17, 15) is 18.0 Å². The molecule has 0 amide bonds. The zero-order valence-electron chi connectivity index (χ0n) is 7.22. The van der Waals surface area contributed by atoms with Gasteiger partial charge < -0.3 is 5.11 Å². The number of carboxylic acids is 1. The smallest absolute Gasteiger partial charge is 0.346 e. The molecule has 0 aliphatic rings. The highest BCUT2D eigenvalue weighted by atomic mass is 19.2. The number of hydrogen-bond acceptors (Lipinski definition) is 1. The molecule has 0 bridgehead atoms. The van der Waals surface area contributed by atoms with Crippen molar-refractivity contribution in [3.63, 3.8) is 0 Å². The molecule has 0 saturated carbocycles. The Labute approximate surface area is 78.0 Å². The molecule has 2 nitrogen and oxygen atoms in total. The van der Waals surface area contributed by atoms with E-state index in [-0.39, 0.29) is 0 Å². The van der Waals surface area contributed by atoms with Gasteiger partial charge in [-0.25, -0.2) is 18.0 Å². The molecule has 5 heteroatoms. The Bertz CT molecular complexity index is 374. The van der Waals surface area contributed by atoms with Crippen LogP contribution in [0.3, 0.4) is 0 Å². The molecule has 1 unspecified atom stereocenters. The van der Waals surface area contributed by atoms with Gasteiger partial charge in [-0.2, -0.15) is 0 Å². The van der Waals surface area contributed by atoms with E-state index in [4.69, 9.17) is 5.11 Å². The fourth-order valence-corrected chi connectivity index (χ4v) is 0.985. The van der Waals surface area contributed by atoms with E-state index in [1.54, 1.807) is 0 Å². The summed E-state index contributed by atoms with van der Waals surface area (Å²) in [4.78, 5) is 10.4. The van der Waals surface area contributed by atoms with Gasteiger partial charge in [-0.05, 0) is 19.1 Å². The molecule has 0 aliphatic carbocycles. The number of hydrogen-bond donors (Lipinski definition) is 1. The first-order valence-corrected chi connectivity index (χ1v) is 3.73. The second kappa shape index (κ2) is 3.32. The van der Waals surface area contributed by atoms with E-state index in [1.165, 1.54) is 0 Å². The third-order valence-corrected chi connectivity index (χ3v) is 1.84.